The summed E-state index contributed by atoms with van der Waals surface area (Å²) in [6, 6.07) is 0. The van der Waals surface area contributed by atoms with Crippen LogP contribution in [-0.4, -0.2) is 24.4 Å². The normalized spacial score (nSPS) is 37.5. The van der Waals surface area contributed by atoms with Gasteiger partial charge in [-0.1, -0.05) is 13.8 Å². The molecule has 0 aromatic rings. The summed E-state index contributed by atoms with van der Waals surface area (Å²) in [5, 5.41) is 0. The van der Waals surface area contributed by atoms with Gasteiger partial charge in [0.05, 0.1) is 17.8 Å². The van der Waals surface area contributed by atoms with Crippen molar-refractivity contribution in [2.24, 2.45) is 29.6 Å². The molecule has 0 bridgehead atoms. The molecule has 6 heteroatoms. The fraction of sp³-hybridized carbons (Fsp3) is 0.692. The Morgan fingerprint density at radius 3 is 2.68 bits per heavy atom. The molecule has 1 heterocycles. The maximum Gasteiger partial charge on any atom is 0.317 e. The summed E-state index contributed by atoms with van der Waals surface area (Å²) < 4.78 is 9.17. The second kappa shape index (κ2) is 5.11. The van der Waals surface area contributed by atoms with E-state index >= 15 is 0 Å². The van der Waals surface area contributed by atoms with Crippen molar-refractivity contribution in [1.82, 2.24) is 0 Å². The third-order valence-electron chi connectivity index (χ3n) is 4.27. The molecule has 0 amide bonds. The lowest BCUT2D eigenvalue weighted by molar-refractivity contribution is -0.178. The van der Waals surface area contributed by atoms with E-state index in [9.17, 15) is 19.2 Å². The van der Waals surface area contributed by atoms with Gasteiger partial charge in [0.1, 0.15) is 0 Å². The van der Waals surface area contributed by atoms with Crippen molar-refractivity contribution < 1.29 is 28.7 Å². The van der Waals surface area contributed by atoms with Gasteiger partial charge in [0.15, 0.2) is 0 Å². The summed E-state index contributed by atoms with van der Waals surface area (Å²) >= 11 is 0. The minimum atomic E-state index is -0.657. The monoisotopic (exact) mass is 268 g/mol. The van der Waals surface area contributed by atoms with Gasteiger partial charge in [-0.15, -0.1) is 0 Å². The summed E-state index contributed by atoms with van der Waals surface area (Å²) in [6.07, 6.45) is 0.922. The first-order chi connectivity index (χ1) is 9.01. The van der Waals surface area contributed by atoms with Gasteiger partial charge in [-0.3, -0.25) is 19.2 Å². The van der Waals surface area contributed by atoms with Gasteiger partial charge in [0, 0.05) is 0 Å². The van der Waals surface area contributed by atoms with Crippen molar-refractivity contribution in [3.63, 3.8) is 0 Å². The van der Waals surface area contributed by atoms with Gasteiger partial charge in [-0.05, 0) is 24.7 Å². The molecule has 19 heavy (non-hydrogen) atoms. The van der Waals surface area contributed by atoms with E-state index in [1.165, 1.54) is 0 Å². The summed E-state index contributed by atoms with van der Waals surface area (Å²) in [5.74, 6) is -3.82. The van der Waals surface area contributed by atoms with Crippen molar-refractivity contribution in [2.45, 2.75) is 26.7 Å². The van der Waals surface area contributed by atoms with E-state index in [0.717, 1.165) is 0 Å². The molecule has 0 aromatic carbocycles. The average molecular weight is 268 g/mol. The third kappa shape index (κ3) is 2.15. The van der Waals surface area contributed by atoms with Crippen molar-refractivity contribution >= 4 is 24.4 Å². The number of carbonyl (C=O) groups excluding carboxylic acids is 4. The number of carbonyl (C=O) groups is 4. The standard InChI is InChI=1S/C13H16O6/c1-3-7-10-8(11(15)18-5-14)4-6(2)9(10)13(17)19-12(7)16/h5-10H,3-4H2,1-2H3. The number of hydrogen-bond donors (Lipinski definition) is 0. The lowest BCUT2D eigenvalue weighted by Crippen LogP contribution is -2.44. The number of rotatable bonds is 3. The highest BCUT2D eigenvalue weighted by molar-refractivity contribution is 5.93. The Morgan fingerprint density at radius 1 is 1.42 bits per heavy atom. The molecule has 1 saturated heterocycles. The van der Waals surface area contributed by atoms with Crippen LogP contribution < -0.4 is 0 Å². The quantitative estimate of drug-likeness (QED) is 0.425. The molecule has 5 atom stereocenters. The summed E-state index contributed by atoms with van der Waals surface area (Å²) in [6.45, 7) is 3.74. The first-order valence-electron chi connectivity index (χ1n) is 6.40. The number of ether oxygens (including phenoxy) is 2. The Balaban J connectivity index is 2.33. The molecule has 0 N–H and O–H groups in total. The molecule has 6 nitrogen and oxygen atoms in total. The molecule has 2 rings (SSSR count). The molecule has 0 aromatic heterocycles. The second-order valence-electron chi connectivity index (χ2n) is 5.21. The fourth-order valence-electron chi connectivity index (χ4n) is 3.48. The van der Waals surface area contributed by atoms with Crippen LogP contribution in [0.15, 0.2) is 0 Å². The van der Waals surface area contributed by atoms with Crippen molar-refractivity contribution in [2.75, 3.05) is 0 Å². The maximum absolute atomic E-state index is 11.8. The van der Waals surface area contributed by atoms with Crippen LogP contribution in [0.5, 0.6) is 0 Å². The largest absolute Gasteiger partial charge is 0.395 e. The van der Waals surface area contributed by atoms with Crippen molar-refractivity contribution in [3.8, 4) is 0 Å². The highest BCUT2D eigenvalue weighted by atomic mass is 16.6. The van der Waals surface area contributed by atoms with E-state index in [2.05, 4.69) is 4.74 Å². The maximum atomic E-state index is 11.8. The van der Waals surface area contributed by atoms with Crippen LogP contribution in [0.3, 0.4) is 0 Å². The molecule has 2 aliphatic rings. The van der Waals surface area contributed by atoms with E-state index < -0.39 is 41.6 Å². The van der Waals surface area contributed by atoms with E-state index in [0.29, 0.717) is 12.8 Å². The zero-order valence-corrected chi connectivity index (χ0v) is 10.8. The first kappa shape index (κ1) is 13.7. The first-order valence-corrected chi connectivity index (χ1v) is 6.40. The van der Waals surface area contributed by atoms with Gasteiger partial charge in [-0.25, -0.2) is 0 Å². The lowest BCUT2D eigenvalue weighted by atomic mass is 9.75. The van der Waals surface area contributed by atoms with E-state index in [1.54, 1.807) is 0 Å². The second-order valence-corrected chi connectivity index (χ2v) is 5.21. The van der Waals surface area contributed by atoms with Gasteiger partial charge < -0.3 is 9.47 Å². The molecule has 5 unspecified atom stereocenters. The predicted octanol–water partition coefficient (Wildman–Crippen LogP) is 0.684. The van der Waals surface area contributed by atoms with Gasteiger partial charge >= 0.3 is 24.4 Å². The Kier molecular flexibility index (Phi) is 3.68. The minimum absolute atomic E-state index is 0.0659. The fourth-order valence-corrected chi connectivity index (χ4v) is 3.48. The molecule has 1 aliphatic heterocycles. The summed E-state index contributed by atoms with van der Waals surface area (Å²) in [4.78, 5) is 45.7. The molecule has 0 radical (unpaired) electrons. The number of cyclic esters (lactones) is 2. The molecule has 1 saturated carbocycles. The molecule has 1 aliphatic carbocycles. The zero-order valence-electron chi connectivity index (χ0n) is 10.8. The molecule has 0 spiro atoms. The number of fused-ring (bicyclic) bond motifs is 1. The Morgan fingerprint density at radius 2 is 2.11 bits per heavy atom. The highest BCUT2D eigenvalue weighted by Gasteiger charge is 2.57. The zero-order chi connectivity index (χ0) is 14.2. The Labute approximate surface area is 110 Å². The Bertz CT molecular complexity index is 429. The minimum Gasteiger partial charge on any atom is -0.395 e. The van der Waals surface area contributed by atoms with E-state index in [1.807, 2.05) is 13.8 Å². The topological polar surface area (TPSA) is 86.7 Å². The van der Waals surface area contributed by atoms with E-state index in [4.69, 9.17) is 4.74 Å². The predicted molar refractivity (Wildman–Crippen MR) is 61.3 cm³/mol. The average Bonchev–Trinajstić information content (AvgIpc) is 2.68. The summed E-state index contributed by atoms with van der Waals surface area (Å²) in [5.41, 5.74) is 0. The smallest absolute Gasteiger partial charge is 0.317 e. The molecule has 104 valence electrons. The van der Waals surface area contributed by atoms with Gasteiger partial charge in [0.2, 0.25) is 0 Å². The molecule has 2 fully saturated rings. The highest BCUT2D eigenvalue weighted by Crippen LogP contribution is 2.49. The van der Waals surface area contributed by atoms with Gasteiger partial charge in [0.25, 0.3) is 0 Å². The van der Waals surface area contributed by atoms with Crippen LogP contribution >= 0.6 is 0 Å². The van der Waals surface area contributed by atoms with Crippen LogP contribution in [0.2, 0.25) is 0 Å². The van der Waals surface area contributed by atoms with Crippen LogP contribution in [0.4, 0.5) is 0 Å². The van der Waals surface area contributed by atoms with Crippen LogP contribution in [0.25, 0.3) is 0 Å². The lowest BCUT2D eigenvalue weighted by Gasteiger charge is -2.33. The van der Waals surface area contributed by atoms with E-state index in [-0.39, 0.29) is 12.4 Å². The number of hydrogen-bond acceptors (Lipinski definition) is 6. The Hall–Kier alpha value is -1.72. The molecular weight excluding hydrogens is 252 g/mol. The van der Waals surface area contributed by atoms with Crippen molar-refractivity contribution in [3.05, 3.63) is 0 Å². The third-order valence-corrected chi connectivity index (χ3v) is 4.27. The molecular formula is C13H16O6. The summed E-state index contributed by atoms with van der Waals surface area (Å²) in [7, 11) is 0. The van der Waals surface area contributed by atoms with Crippen LogP contribution in [0, 0.1) is 29.6 Å². The van der Waals surface area contributed by atoms with Crippen LogP contribution in [-0.2, 0) is 28.7 Å². The number of esters is 3. The van der Waals surface area contributed by atoms with Gasteiger partial charge in [-0.2, -0.15) is 0 Å². The SMILES string of the molecule is CCC1C(=O)OC(=O)C2C(C)CC(C(=O)OC=O)C12. The van der Waals surface area contributed by atoms with Crippen molar-refractivity contribution in [1.29, 1.82) is 0 Å². The van der Waals surface area contributed by atoms with Crippen LogP contribution in [0.1, 0.15) is 26.7 Å².